The standard InChI is InChI=1S/C19H26N4O/c1-15(2)19-21-10-12-22(19)11-8-18(24)23-13-9-20-14-17(23)16-6-4-3-5-7-16/h3-7,10,12,15,17,20H,8-9,11,13-14H2,1-2H3/t17-/m1/s1. The zero-order valence-electron chi connectivity index (χ0n) is 14.5. The molecule has 0 aliphatic carbocycles. The maximum Gasteiger partial charge on any atom is 0.224 e. The molecule has 1 aliphatic heterocycles. The Labute approximate surface area is 143 Å². The number of carbonyl (C=O) groups excluding carboxylic acids is 1. The first-order valence-corrected chi connectivity index (χ1v) is 8.73. The molecule has 1 aromatic heterocycles. The van der Waals surface area contributed by atoms with E-state index >= 15 is 0 Å². The predicted molar refractivity (Wildman–Crippen MR) is 94.7 cm³/mol. The van der Waals surface area contributed by atoms with E-state index in [1.165, 1.54) is 5.56 Å². The molecule has 2 heterocycles. The molecule has 0 radical (unpaired) electrons. The number of aryl methyl sites for hydroxylation is 1. The van der Waals surface area contributed by atoms with Gasteiger partial charge in [-0.25, -0.2) is 4.98 Å². The van der Waals surface area contributed by atoms with Gasteiger partial charge in [0.15, 0.2) is 0 Å². The molecule has 1 atom stereocenters. The number of piperazine rings is 1. The number of imidazole rings is 1. The Bertz CT molecular complexity index is 665. The summed E-state index contributed by atoms with van der Waals surface area (Å²) < 4.78 is 2.10. The molecule has 0 unspecified atom stereocenters. The van der Waals surface area contributed by atoms with Crippen LogP contribution in [-0.4, -0.2) is 40.0 Å². The van der Waals surface area contributed by atoms with Crippen molar-refractivity contribution < 1.29 is 4.79 Å². The topological polar surface area (TPSA) is 50.2 Å². The van der Waals surface area contributed by atoms with Crippen LogP contribution in [0.3, 0.4) is 0 Å². The minimum atomic E-state index is 0.125. The van der Waals surface area contributed by atoms with Crippen molar-refractivity contribution in [2.45, 2.75) is 38.8 Å². The van der Waals surface area contributed by atoms with E-state index in [1.807, 2.05) is 35.5 Å². The van der Waals surface area contributed by atoms with Crippen LogP contribution in [0.25, 0.3) is 0 Å². The average molecular weight is 326 g/mol. The number of amides is 1. The molecular weight excluding hydrogens is 300 g/mol. The van der Waals surface area contributed by atoms with E-state index in [-0.39, 0.29) is 11.9 Å². The lowest BCUT2D eigenvalue weighted by Gasteiger charge is -2.36. The fraction of sp³-hybridized carbons (Fsp3) is 0.474. The van der Waals surface area contributed by atoms with E-state index in [9.17, 15) is 4.79 Å². The van der Waals surface area contributed by atoms with Crippen LogP contribution in [0.15, 0.2) is 42.7 Å². The molecule has 24 heavy (non-hydrogen) atoms. The van der Waals surface area contributed by atoms with Crippen LogP contribution in [-0.2, 0) is 11.3 Å². The van der Waals surface area contributed by atoms with Crippen LogP contribution in [0.4, 0.5) is 0 Å². The van der Waals surface area contributed by atoms with Crippen LogP contribution < -0.4 is 5.32 Å². The van der Waals surface area contributed by atoms with Crippen molar-refractivity contribution in [3.8, 4) is 0 Å². The van der Waals surface area contributed by atoms with Gasteiger partial charge in [-0.1, -0.05) is 44.2 Å². The molecule has 1 aromatic carbocycles. The zero-order valence-corrected chi connectivity index (χ0v) is 14.5. The van der Waals surface area contributed by atoms with Crippen molar-refractivity contribution in [3.05, 3.63) is 54.1 Å². The van der Waals surface area contributed by atoms with E-state index in [1.54, 1.807) is 0 Å². The summed E-state index contributed by atoms with van der Waals surface area (Å²) in [6.07, 6.45) is 4.30. The molecule has 0 spiro atoms. The first-order chi connectivity index (χ1) is 11.7. The summed E-state index contributed by atoms with van der Waals surface area (Å²) in [4.78, 5) is 19.2. The van der Waals surface area contributed by atoms with Crippen LogP contribution in [0.5, 0.6) is 0 Å². The summed E-state index contributed by atoms with van der Waals surface area (Å²) >= 11 is 0. The second kappa shape index (κ2) is 7.62. The highest BCUT2D eigenvalue weighted by molar-refractivity contribution is 5.77. The van der Waals surface area contributed by atoms with Gasteiger partial charge in [0.25, 0.3) is 0 Å². The van der Waals surface area contributed by atoms with Crippen LogP contribution >= 0.6 is 0 Å². The quantitative estimate of drug-likeness (QED) is 0.919. The molecule has 1 fully saturated rings. The lowest BCUT2D eigenvalue weighted by atomic mass is 10.0. The van der Waals surface area contributed by atoms with Crippen LogP contribution in [0.1, 0.15) is 43.6 Å². The summed E-state index contributed by atoms with van der Waals surface area (Å²) in [5.41, 5.74) is 1.20. The van der Waals surface area contributed by atoms with Crippen molar-refractivity contribution >= 4 is 5.91 Å². The van der Waals surface area contributed by atoms with Crippen molar-refractivity contribution in [1.29, 1.82) is 0 Å². The monoisotopic (exact) mass is 326 g/mol. The van der Waals surface area contributed by atoms with E-state index in [4.69, 9.17) is 0 Å². The summed E-state index contributed by atoms with van der Waals surface area (Å²) in [6.45, 7) is 7.39. The van der Waals surface area contributed by atoms with Crippen molar-refractivity contribution in [2.24, 2.45) is 0 Å². The molecule has 3 rings (SSSR count). The first kappa shape index (κ1) is 16.7. The number of nitrogens with zero attached hydrogens (tertiary/aromatic N) is 3. The Morgan fingerprint density at radius 3 is 2.88 bits per heavy atom. The first-order valence-electron chi connectivity index (χ1n) is 8.73. The minimum Gasteiger partial charge on any atom is -0.334 e. The average Bonchev–Trinajstić information content (AvgIpc) is 3.09. The maximum atomic E-state index is 12.8. The Balaban J connectivity index is 1.67. The third kappa shape index (κ3) is 3.67. The number of hydrogen-bond acceptors (Lipinski definition) is 3. The molecule has 1 saturated heterocycles. The number of benzene rings is 1. The molecule has 5 nitrogen and oxygen atoms in total. The summed E-state index contributed by atoms with van der Waals surface area (Å²) in [5.74, 6) is 1.63. The SMILES string of the molecule is CC(C)c1nccn1CCC(=O)N1CCNC[C@@H]1c1ccccc1. The highest BCUT2D eigenvalue weighted by Gasteiger charge is 2.27. The van der Waals surface area contributed by atoms with E-state index in [0.717, 1.165) is 25.5 Å². The highest BCUT2D eigenvalue weighted by atomic mass is 16.2. The van der Waals surface area contributed by atoms with Gasteiger partial charge in [0, 0.05) is 50.9 Å². The Hall–Kier alpha value is -2.14. The van der Waals surface area contributed by atoms with Crippen LogP contribution in [0, 0.1) is 0 Å². The second-order valence-electron chi connectivity index (χ2n) is 6.60. The zero-order chi connectivity index (χ0) is 16.9. The molecule has 2 aromatic rings. The molecule has 1 N–H and O–H groups in total. The van der Waals surface area contributed by atoms with Gasteiger partial charge in [-0.15, -0.1) is 0 Å². The van der Waals surface area contributed by atoms with Gasteiger partial charge in [-0.3, -0.25) is 4.79 Å². The highest BCUT2D eigenvalue weighted by Crippen LogP contribution is 2.23. The Morgan fingerprint density at radius 1 is 1.33 bits per heavy atom. The smallest absolute Gasteiger partial charge is 0.224 e. The third-order valence-corrected chi connectivity index (χ3v) is 4.58. The second-order valence-corrected chi connectivity index (χ2v) is 6.60. The van der Waals surface area contributed by atoms with Crippen molar-refractivity contribution in [3.63, 3.8) is 0 Å². The summed E-state index contributed by atoms with van der Waals surface area (Å²) in [7, 11) is 0. The lowest BCUT2D eigenvalue weighted by molar-refractivity contribution is -0.134. The van der Waals surface area contributed by atoms with E-state index in [0.29, 0.717) is 18.9 Å². The molecule has 1 amide bonds. The fourth-order valence-electron chi connectivity index (χ4n) is 3.35. The van der Waals surface area contributed by atoms with Crippen molar-refractivity contribution in [1.82, 2.24) is 19.8 Å². The van der Waals surface area contributed by atoms with Crippen molar-refractivity contribution in [2.75, 3.05) is 19.6 Å². The summed E-state index contributed by atoms with van der Waals surface area (Å²) in [5, 5.41) is 3.40. The third-order valence-electron chi connectivity index (χ3n) is 4.58. The maximum absolute atomic E-state index is 12.8. The number of hydrogen-bond donors (Lipinski definition) is 1. The van der Waals surface area contributed by atoms with Gasteiger partial charge in [-0.2, -0.15) is 0 Å². The number of rotatable bonds is 5. The molecule has 128 valence electrons. The van der Waals surface area contributed by atoms with E-state index in [2.05, 4.69) is 40.8 Å². The van der Waals surface area contributed by atoms with Gasteiger partial charge < -0.3 is 14.8 Å². The molecule has 5 heteroatoms. The number of nitrogens with one attached hydrogen (secondary N) is 1. The number of carbonyl (C=O) groups is 1. The van der Waals surface area contributed by atoms with E-state index < -0.39 is 0 Å². The van der Waals surface area contributed by atoms with Gasteiger partial charge >= 0.3 is 0 Å². The number of aromatic nitrogens is 2. The fourth-order valence-corrected chi connectivity index (χ4v) is 3.35. The van der Waals surface area contributed by atoms with Gasteiger partial charge in [0.2, 0.25) is 5.91 Å². The normalized spacial score (nSPS) is 18.1. The Morgan fingerprint density at radius 2 is 2.12 bits per heavy atom. The van der Waals surface area contributed by atoms with Gasteiger partial charge in [0.1, 0.15) is 5.82 Å². The molecule has 1 aliphatic rings. The van der Waals surface area contributed by atoms with Gasteiger partial charge in [0.05, 0.1) is 6.04 Å². The molecule has 0 bridgehead atoms. The van der Waals surface area contributed by atoms with Crippen LogP contribution in [0.2, 0.25) is 0 Å². The largest absolute Gasteiger partial charge is 0.334 e. The molecule has 0 saturated carbocycles. The Kier molecular flexibility index (Phi) is 5.30. The molecular formula is C19H26N4O. The lowest BCUT2D eigenvalue weighted by Crippen LogP contribution is -2.48. The van der Waals surface area contributed by atoms with Gasteiger partial charge in [-0.05, 0) is 5.56 Å². The predicted octanol–water partition coefficient (Wildman–Crippen LogP) is 2.57. The summed E-state index contributed by atoms with van der Waals surface area (Å²) in [6, 6.07) is 10.4. The minimum absolute atomic E-state index is 0.125.